The second kappa shape index (κ2) is 7.29. The van der Waals surface area contributed by atoms with Gasteiger partial charge in [-0.1, -0.05) is 26.7 Å². The number of nitrogens with zero attached hydrogens (tertiary/aromatic N) is 1. The van der Waals surface area contributed by atoms with Crippen molar-refractivity contribution in [2.75, 3.05) is 19.6 Å². The zero-order valence-corrected chi connectivity index (χ0v) is 11.4. The maximum Gasteiger partial charge on any atom is 0.0105 e. The van der Waals surface area contributed by atoms with Crippen LogP contribution < -0.4 is 5.73 Å². The van der Waals surface area contributed by atoms with Crippen molar-refractivity contribution in [1.29, 1.82) is 0 Å². The highest BCUT2D eigenvalue weighted by atomic mass is 15.2. The molecule has 0 spiro atoms. The van der Waals surface area contributed by atoms with Crippen molar-refractivity contribution < 1.29 is 0 Å². The smallest absolute Gasteiger partial charge is 0.0105 e. The Morgan fingerprint density at radius 1 is 1.25 bits per heavy atom. The van der Waals surface area contributed by atoms with E-state index >= 15 is 0 Å². The van der Waals surface area contributed by atoms with E-state index < -0.39 is 0 Å². The summed E-state index contributed by atoms with van der Waals surface area (Å²) in [5.74, 6) is 1.61. The summed E-state index contributed by atoms with van der Waals surface area (Å²) in [6, 6.07) is 0.658. The maximum atomic E-state index is 5.77. The van der Waals surface area contributed by atoms with Gasteiger partial charge in [-0.05, 0) is 57.7 Å². The average molecular weight is 226 g/mol. The highest BCUT2D eigenvalue weighted by Gasteiger charge is 2.22. The van der Waals surface area contributed by atoms with E-state index in [2.05, 4.69) is 25.7 Å². The lowest BCUT2D eigenvalue weighted by Gasteiger charge is -2.31. The fourth-order valence-electron chi connectivity index (χ4n) is 2.85. The predicted molar refractivity (Wildman–Crippen MR) is 71.5 cm³/mol. The molecule has 0 aromatic carbocycles. The molecule has 0 amide bonds. The first-order valence-corrected chi connectivity index (χ1v) is 7.13. The molecule has 0 radical (unpaired) electrons. The van der Waals surface area contributed by atoms with Gasteiger partial charge in [0.15, 0.2) is 0 Å². The number of hydrogen-bond acceptors (Lipinski definition) is 2. The molecule has 1 rings (SSSR count). The molecular weight excluding hydrogens is 196 g/mol. The third kappa shape index (κ3) is 4.06. The zero-order valence-electron chi connectivity index (χ0n) is 11.4. The molecule has 1 saturated heterocycles. The Morgan fingerprint density at radius 2 is 2.00 bits per heavy atom. The molecule has 0 aromatic heterocycles. The maximum absolute atomic E-state index is 5.77. The van der Waals surface area contributed by atoms with Crippen LogP contribution in [0.3, 0.4) is 0 Å². The Morgan fingerprint density at radius 3 is 2.62 bits per heavy atom. The third-order valence-corrected chi connectivity index (χ3v) is 4.35. The number of nitrogens with two attached hydrogens (primary N) is 1. The van der Waals surface area contributed by atoms with Crippen LogP contribution in [0.4, 0.5) is 0 Å². The molecule has 0 aromatic rings. The summed E-state index contributed by atoms with van der Waals surface area (Å²) in [5.41, 5.74) is 5.77. The van der Waals surface area contributed by atoms with Crippen LogP contribution in [-0.4, -0.2) is 30.6 Å². The van der Waals surface area contributed by atoms with Gasteiger partial charge in [-0.3, -0.25) is 0 Å². The molecule has 1 heterocycles. The zero-order chi connectivity index (χ0) is 12.0. The van der Waals surface area contributed by atoms with E-state index in [4.69, 9.17) is 5.73 Å². The molecule has 0 bridgehead atoms. The van der Waals surface area contributed by atoms with E-state index in [1.165, 1.54) is 45.2 Å². The lowest BCUT2D eigenvalue weighted by Crippen LogP contribution is -2.40. The lowest BCUT2D eigenvalue weighted by molar-refractivity contribution is 0.168. The minimum atomic E-state index is 0.628. The van der Waals surface area contributed by atoms with Crippen LogP contribution in [0.15, 0.2) is 0 Å². The second-order valence-corrected chi connectivity index (χ2v) is 5.58. The summed E-state index contributed by atoms with van der Waals surface area (Å²) in [4.78, 5) is 2.66. The van der Waals surface area contributed by atoms with E-state index in [9.17, 15) is 0 Å². The van der Waals surface area contributed by atoms with Crippen LogP contribution in [0.5, 0.6) is 0 Å². The summed E-state index contributed by atoms with van der Waals surface area (Å²) >= 11 is 0. The van der Waals surface area contributed by atoms with Gasteiger partial charge in [0, 0.05) is 6.04 Å². The second-order valence-electron chi connectivity index (χ2n) is 5.58. The van der Waals surface area contributed by atoms with Crippen LogP contribution in [0.2, 0.25) is 0 Å². The summed E-state index contributed by atoms with van der Waals surface area (Å²) in [7, 11) is 0. The van der Waals surface area contributed by atoms with Crippen molar-refractivity contribution in [2.24, 2.45) is 17.6 Å². The highest BCUT2D eigenvalue weighted by molar-refractivity contribution is 4.77. The van der Waals surface area contributed by atoms with Gasteiger partial charge in [-0.15, -0.1) is 0 Å². The molecule has 96 valence electrons. The van der Waals surface area contributed by atoms with Gasteiger partial charge in [0.25, 0.3) is 0 Å². The van der Waals surface area contributed by atoms with Crippen molar-refractivity contribution in [3.63, 3.8) is 0 Å². The fraction of sp³-hybridized carbons (Fsp3) is 1.00. The molecule has 0 aliphatic carbocycles. The molecular formula is C14H30N2. The van der Waals surface area contributed by atoms with Crippen molar-refractivity contribution >= 4 is 0 Å². The van der Waals surface area contributed by atoms with Crippen molar-refractivity contribution in [3.05, 3.63) is 0 Å². The summed E-state index contributed by atoms with van der Waals surface area (Å²) in [5, 5.41) is 0. The van der Waals surface area contributed by atoms with Crippen LogP contribution in [0, 0.1) is 11.8 Å². The largest absolute Gasteiger partial charge is 0.330 e. The molecule has 3 atom stereocenters. The Bertz CT molecular complexity index is 182. The first-order valence-electron chi connectivity index (χ1n) is 7.13. The summed E-state index contributed by atoms with van der Waals surface area (Å²) in [6.45, 7) is 10.3. The van der Waals surface area contributed by atoms with Crippen molar-refractivity contribution in [1.82, 2.24) is 4.90 Å². The Hall–Kier alpha value is -0.0800. The van der Waals surface area contributed by atoms with Crippen molar-refractivity contribution in [3.8, 4) is 0 Å². The third-order valence-electron chi connectivity index (χ3n) is 4.35. The topological polar surface area (TPSA) is 29.3 Å². The first-order chi connectivity index (χ1) is 7.69. The molecule has 1 aliphatic rings. The van der Waals surface area contributed by atoms with E-state index in [-0.39, 0.29) is 0 Å². The molecule has 1 fully saturated rings. The van der Waals surface area contributed by atoms with Gasteiger partial charge in [0.05, 0.1) is 0 Å². The van der Waals surface area contributed by atoms with Gasteiger partial charge in [0.1, 0.15) is 0 Å². The van der Waals surface area contributed by atoms with Crippen LogP contribution in [0.25, 0.3) is 0 Å². The average Bonchev–Trinajstić information content (AvgIpc) is 2.53. The monoisotopic (exact) mass is 226 g/mol. The molecule has 0 saturated carbocycles. The minimum Gasteiger partial charge on any atom is -0.330 e. The normalized spacial score (nSPS) is 27.4. The van der Waals surface area contributed by atoms with Crippen LogP contribution in [-0.2, 0) is 0 Å². The summed E-state index contributed by atoms with van der Waals surface area (Å²) in [6.07, 6.45) is 6.99. The number of hydrogen-bond donors (Lipinski definition) is 1. The number of likely N-dealkylation sites (tertiary alicyclic amines) is 1. The van der Waals surface area contributed by atoms with Gasteiger partial charge in [0.2, 0.25) is 0 Å². The highest BCUT2D eigenvalue weighted by Crippen LogP contribution is 2.24. The van der Waals surface area contributed by atoms with Gasteiger partial charge in [-0.2, -0.15) is 0 Å². The Kier molecular flexibility index (Phi) is 6.37. The van der Waals surface area contributed by atoms with E-state index in [1.54, 1.807) is 0 Å². The molecule has 1 aliphatic heterocycles. The van der Waals surface area contributed by atoms with Gasteiger partial charge in [-0.25, -0.2) is 0 Å². The summed E-state index contributed by atoms with van der Waals surface area (Å²) < 4.78 is 0. The van der Waals surface area contributed by atoms with E-state index in [1.807, 2.05) is 0 Å². The van der Waals surface area contributed by atoms with E-state index in [0.29, 0.717) is 12.0 Å². The van der Waals surface area contributed by atoms with Gasteiger partial charge >= 0.3 is 0 Å². The molecule has 3 unspecified atom stereocenters. The number of rotatable bonds is 5. The minimum absolute atomic E-state index is 0.628. The Labute approximate surface area is 102 Å². The first kappa shape index (κ1) is 14.0. The molecule has 2 heteroatoms. The SMILES string of the molecule is CCCC1CCCN(C(C)C(C)CN)CC1. The fourth-order valence-corrected chi connectivity index (χ4v) is 2.85. The van der Waals surface area contributed by atoms with Gasteiger partial charge < -0.3 is 10.6 Å². The Balaban J connectivity index is 2.40. The lowest BCUT2D eigenvalue weighted by atomic mass is 9.96. The quantitative estimate of drug-likeness (QED) is 0.781. The van der Waals surface area contributed by atoms with E-state index in [0.717, 1.165) is 12.5 Å². The standard InChI is InChI=1S/C14H30N2/c1-4-6-14-7-5-9-16(10-8-14)13(3)12(2)11-15/h12-14H,4-11,15H2,1-3H3. The van der Waals surface area contributed by atoms with Crippen LogP contribution in [0.1, 0.15) is 52.9 Å². The molecule has 2 N–H and O–H groups in total. The molecule has 16 heavy (non-hydrogen) atoms. The molecule has 2 nitrogen and oxygen atoms in total. The predicted octanol–water partition coefficient (Wildman–Crippen LogP) is 2.87. The van der Waals surface area contributed by atoms with Crippen LogP contribution >= 0.6 is 0 Å². The van der Waals surface area contributed by atoms with Crippen molar-refractivity contribution in [2.45, 2.75) is 58.9 Å².